The van der Waals surface area contributed by atoms with E-state index in [0.717, 1.165) is 38.1 Å². The lowest BCUT2D eigenvalue weighted by molar-refractivity contribution is -0.0548. The van der Waals surface area contributed by atoms with Crippen molar-refractivity contribution in [2.75, 3.05) is 39.1 Å². The minimum absolute atomic E-state index is 0.0198. The summed E-state index contributed by atoms with van der Waals surface area (Å²) in [5.41, 5.74) is -1.64. The number of hydrogen-bond donors (Lipinski definition) is 2. The number of β-amino-alcohol motifs (C(OH)–C–C–N with tert-alkyl or cyclic N) is 1. The third kappa shape index (κ3) is 5.59. The molecule has 2 N–H and O–H groups in total. The van der Waals surface area contributed by atoms with Crippen LogP contribution in [0.15, 0.2) is 30.9 Å². The number of aromatic nitrogens is 3. The molecule has 1 saturated heterocycles. The molecule has 7 nitrogen and oxygen atoms in total. The van der Waals surface area contributed by atoms with Crippen LogP contribution in [-0.2, 0) is 5.60 Å². The van der Waals surface area contributed by atoms with Crippen molar-refractivity contribution in [1.82, 2.24) is 24.6 Å². The van der Waals surface area contributed by atoms with Crippen LogP contribution in [0, 0.1) is 11.6 Å². The molecule has 1 aliphatic rings. The van der Waals surface area contributed by atoms with Crippen LogP contribution in [0.5, 0.6) is 0 Å². The number of piperidine rings is 1. The molecule has 1 unspecified atom stereocenters. The number of aliphatic hydroxyl groups excluding tert-OH is 1. The summed E-state index contributed by atoms with van der Waals surface area (Å²) >= 11 is 5.70. The van der Waals surface area contributed by atoms with Gasteiger partial charge < -0.3 is 20.0 Å². The summed E-state index contributed by atoms with van der Waals surface area (Å²) in [4.78, 5) is 8.12. The molecule has 0 bridgehead atoms. The fourth-order valence-electron chi connectivity index (χ4n) is 4.32. The van der Waals surface area contributed by atoms with Gasteiger partial charge in [0.25, 0.3) is 0 Å². The smallest absolute Gasteiger partial charge is 0.137 e. The molecule has 10 heteroatoms. The molecule has 1 fully saturated rings. The van der Waals surface area contributed by atoms with Crippen LogP contribution in [0.3, 0.4) is 0 Å². The standard InChI is InChI=1S/C21H30ClF2N5O2/c1-15(29-14-25-13-26-29)21(31,19-4-3-16(23)9-20(19)24)12-27(2)17-5-7-28(8-6-17)11-18(30)10-22/h3-4,9,13-15,17-18,30-31H,5-8,10-12H2,1-2H3/t15-,18?,21+/m0/s1. The highest BCUT2D eigenvalue weighted by Crippen LogP contribution is 2.36. The van der Waals surface area contributed by atoms with Crippen molar-refractivity contribution < 1.29 is 19.0 Å². The van der Waals surface area contributed by atoms with Crippen LogP contribution in [0.25, 0.3) is 0 Å². The quantitative estimate of drug-likeness (QED) is 0.561. The lowest BCUT2D eigenvalue weighted by atomic mass is 9.85. The molecule has 1 aliphatic heterocycles. The Morgan fingerprint density at radius 2 is 2.03 bits per heavy atom. The molecule has 2 aromatic rings. The second-order valence-electron chi connectivity index (χ2n) is 8.35. The lowest BCUT2D eigenvalue weighted by Gasteiger charge is -2.42. The number of halogens is 3. The lowest BCUT2D eigenvalue weighted by Crippen LogP contribution is -2.51. The van der Waals surface area contributed by atoms with Gasteiger partial charge in [0, 0.05) is 36.6 Å². The van der Waals surface area contributed by atoms with E-state index in [4.69, 9.17) is 11.6 Å². The van der Waals surface area contributed by atoms with E-state index in [1.165, 1.54) is 23.4 Å². The Morgan fingerprint density at radius 1 is 1.32 bits per heavy atom. The summed E-state index contributed by atoms with van der Waals surface area (Å²) < 4.78 is 29.7. The van der Waals surface area contributed by atoms with Crippen LogP contribution in [0.1, 0.15) is 31.4 Å². The molecular weight excluding hydrogens is 428 g/mol. The van der Waals surface area contributed by atoms with Gasteiger partial charge in [-0.3, -0.25) is 0 Å². The highest BCUT2D eigenvalue weighted by molar-refractivity contribution is 6.18. The molecule has 172 valence electrons. The summed E-state index contributed by atoms with van der Waals surface area (Å²) in [6.07, 6.45) is 3.95. The molecule has 3 rings (SSSR count). The average molecular weight is 458 g/mol. The van der Waals surface area contributed by atoms with Crippen LogP contribution >= 0.6 is 11.6 Å². The number of aliphatic hydroxyl groups is 2. The first-order valence-corrected chi connectivity index (χ1v) is 11.0. The van der Waals surface area contributed by atoms with Crippen molar-refractivity contribution in [3.05, 3.63) is 48.1 Å². The maximum Gasteiger partial charge on any atom is 0.137 e. The van der Waals surface area contributed by atoms with E-state index in [2.05, 4.69) is 15.0 Å². The number of hydrogen-bond acceptors (Lipinski definition) is 6. The van der Waals surface area contributed by atoms with E-state index in [1.807, 2.05) is 11.9 Å². The molecule has 31 heavy (non-hydrogen) atoms. The van der Waals surface area contributed by atoms with E-state index in [-0.39, 0.29) is 24.0 Å². The molecule has 2 heterocycles. The van der Waals surface area contributed by atoms with Crippen LogP contribution in [0.2, 0.25) is 0 Å². The molecular formula is C21H30ClF2N5O2. The van der Waals surface area contributed by atoms with E-state index >= 15 is 0 Å². The number of likely N-dealkylation sites (tertiary alicyclic amines) is 1. The van der Waals surface area contributed by atoms with E-state index in [0.29, 0.717) is 6.54 Å². The molecule has 1 aromatic heterocycles. The summed E-state index contributed by atoms with van der Waals surface area (Å²) in [6.45, 7) is 4.00. The van der Waals surface area contributed by atoms with Gasteiger partial charge in [-0.25, -0.2) is 18.4 Å². The van der Waals surface area contributed by atoms with Crippen molar-refractivity contribution >= 4 is 11.6 Å². The fourth-order valence-corrected chi connectivity index (χ4v) is 4.42. The van der Waals surface area contributed by atoms with Crippen molar-refractivity contribution in [3.8, 4) is 0 Å². The van der Waals surface area contributed by atoms with Crippen LogP contribution in [-0.4, -0.2) is 86.0 Å². The summed E-state index contributed by atoms with van der Waals surface area (Å²) in [5.74, 6) is -1.29. The second-order valence-corrected chi connectivity index (χ2v) is 8.66. The predicted octanol–water partition coefficient (Wildman–Crippen LogP) is 2.00. The topological polar surface area (TPSA) is 77.7 Å². The Bertz CT molecular complexity index is 835. The number of rotatable bonds is 9. The van der Waals surface area contributed by atoms with Gasteiger partial charge in [0.2, 0.25) is 0 Å². The van der Waals surface area contributed by atoms with Crippen molar-refractivity contribution in [2.24, 2.45) is 0 Å². The minimum Gasteiger partial charge on any atom is -0.391 e. The Hall–Kier alpha value is -1.65. The van der Waals surface area contributed by atoms with Crippen LogP contribution < -0.4 is 0 Å². The first-order chi connectivity index (χ1) is 14.7. The van der Waals surface area contributed by atoms with Gasteiger partial charge >= 0.3 is 0 Å². The Morgan fingerprint density at radius 3 is 2.61 bits per heavy atom. The van der Waals surface area contributed by atoms with Gasteiger partial charge in [0.15, 0.2) is 0 Å². The Balaban J connectivity index is 1.78. The van der Waals surface area contributed by atoms with Gasteiger partial charge in [-0.05, 0) is 46.0 Å². The van der Waals surface area contributed by atoms with E-state index in [1.54, 1.807) is 6.92 Å². The van der Waals surface area contributed by atoms with Gasteiger partial charge in [0.1, 0.15) is 29.9 Å². The molecule has 0 radical (unpaired) electrons. The number of alkyl halides is 1. The summed E-state index contributed by atoms with van der Waals surface area (Å²) in [5, 5.41) is 25.6. The van der Waals surface area contributed by atoms with Crippen molar-refractivity contribution in [1.29, 1.82) is 0 Å². The van der Waals surface area contributed by atoms with Gasteiger partial charge in [0.05, 0.1) is 12.1 Å². The summed E-state index contributed by atoms with van der Waals surface area (Å²) in [7, 11) is 1.90. The molecule has 1 aromatic carbocycles. The van der Waals surface area contributed by atoms with E-state index < -0.39 is 29.4 Å². The third-order valence-electron chi connectivity index (χ3n) is 6.24. The third-order valence-corrected chi connectivity index (χ3v) is 6.60. The first kappa shape index (κ1) is 24.0. The zero-order chi connectivity index (χ0) is 22.6. The predicted molar refractivity (Wildman–Crippen MR) is 114 cm³/mol. The average Bonchev–Trinajstić information content (AvgIpc) is 3.28. The molecule has 0 amide bonds. The fraction of sp³-hybridized carbons (Fsp3) is 0.619. The highest BCUT2D eigenvalue weighted by Gasteiger charge is 2.42. The van der Waals surface area contributed by atoms with Crippen LogP contribution in [0.4, 0.5) is 8.78 Å². The summed E-state index contributed by atoms with van der Waals surface area (Å²) in [6, 6.07) is 2.76. The molecule has 0 aliphatic carbocycles. The highest BCUT2D eigenvalue weighted by atomic mass is 35.5. The van der Waals surface area contributed by atoms with Gasteiger partial charge in [-0.1, -0.05) is 6.07 Å². The number of nitrogens with zero attached hydrogens (tertiary/aromatic N) is 5. The largest absolute Gasteiger partial charge is 0.391 e. The normalized spacial score (nSPS) is 20.0. The molecule has 0 spiro atoms. The Labute approximate surface area is 186 Å². The van der Waals surface area contributed by atoms with Gasteiger partial charge in [-0.2, -0.15) is 5.10 Å². The number of benzene rings is 1. The Kier molecular flexibility index (Phi) is 7.98. The molecule has 3 atom stereocenters. The zero-order valence-electron chi connectivity index (χ0n) is 17.8. The number of likely N-dealkylation sites (N-methyl/N-ethyl adjacent to an activating group) is 1. The maximum atomic E-state index is 14.7. The second kappa shape index (κ2) is 10.3. The monoisotopic (exact) mass is 457 g/mol. The van der Waals surface area contributed by atoms with E-state index in [9.17, 15) is 19.0 Å². The minimum atomic E-state index is -1.66. The first-order valence-electron chi connectivity index (χ1n) is 10.4. The molecule has 0 saturated carbocycles. The maximum absolute atomic E-state index is 14.7. The zero-order valence-corrected chi connectivity index (χ0v) is 18.6. The van der Waals surface area contributed by atoms with Crippen molar-refractivity contribution in [2.45, 2.75) is 43.6 Å². The van der Waals surface area contributed by atoms with Crippen molar-refractivity contribution in [3.63, 3.8) is 0 Å². The SMILES string of the molecule is C[C@H](n1cncn1)[C@](O)(CN(C)C1CCN(CC(O)CCl)CC1)c1ccc(F)cc1F. The van der Waals surface area contributed by atoms with Gasteiger partial charge in [-0.15, -0.1) is 11.6 Å².